The van der Waals surface area contributed by atoms with Crippen LogP contribution in [0.4, 0.5) is 8.78 Å². The van der Waals surface area contributed by atoms with Gasteiger partial charge in [0.2, 0.25) is 0 Å². The zero-order chi connectivity index (χ0) is 27.4. The molecule has 3 heterocycles. The van der Waals surface area contributed by atoms with Crippen molar-refractivity contribution in [3.8, 4) is 23.3 Å². The lowest BCUT2D eigenvalue weighted by Crippen LogP contribution is -2.55. The Morgan fingerprint density at radius 2 is 2.00 bits per heavy atom. The maximum absolute atomic E-state index is 13.3. The van der Waals surface area contributed by atoms with Crippen LogP contribution in [0.5, 0.6) is 5.75 Å². The number of hydrogen-bond acceptors (Lipinski definition) is 5. The molecule has 8 nitrogen and oxygen atoms in total. The molecule has 2 amide bonds. The molecular weight excluding hydrogens is 494 g/mol. The number of fused-ring (bicyclic) bond motifs is 5. The van der Waals surface area contributed by atoms with Crippen LogP contribution in [0.2, 0.25) is 0 Å². The summed E-state index contributed by atoms with van der Waals surface area (Å²) < 4.78 is 33.3. The molecule has 0 aliphatic carbocycles. The van der Waals surface area contributed by atoms with Gasteiger partial charge in [0, 0.05) is 25.7 Å². The van der Waals surface area contributed by atoms with Gasteiger partial charge in [-0.05, 0) is 50.6 Å². The number of benzene rings is 2. The van der Waals surface area contributed by atoms with Crippen molar-refractivity contribution in [2.45, 2.75) is 45.4 Å². The summed E-state index contributed by atoms with van der Waals surface area (Å²) in [6.07, 6.45) is 0.568. The third-order valence-electron chi connectivity index (χ3n) is 6.93. The molecule has 1 atom stereocenters. The number of aromatic nitrogens is 2. The minimum absolute atomic E-state index is 0.0259. The molecule has 1 aromatic heterocycles. The lowest BCUT2D eigenvalue weighted by molar-refractivity contribution is -0.153. The first-order valence-electron chi connectivity index (χ1n) is 12.4. The molecular formula is C28H28F2N4O4. The summed E-state index contributed by atoms with van der Waals surface area (Å²) in [5.41, 5.74) is 0.978. The predicted octanol–water partition coefficient (Wildman–Crippen LogP) is 3.74. The van der Waals surface area contributed by atoms with Gasteiger partial charge < -0.3 is 19.6 Å². The summed E-state index contributed by atoms with van der Waals surface area (Å²) >= 11 is 0. The standard InChI is InChI=1S/C28H28F2N4O4/c1-5-20-24-31-19-12-11-16(9-10-17-14-33(15-17)26(36)28(2,3)37)13-21(19)34(24)23-18(25(35)32(20)4)7-6-8-22(23)38-27(29)30/h6-8,11-13,17,20,27,37H,5,14-15H2,1-4H3. The largest absolute Gasteiger partial charge is 0.433 e. The molecule has 1 unspecified atom stereocenters. The quantitative estimate of drug-likeness (QED) is 0.528. The number of para-hydroxylation sites is 1. The molecule has 198 valence electrons. The number of amides is 2. The zero-order valence-corrected chi connectivity index (χ0v) is 21.5. The minimum atomic E-state index is -3.07. The Balaban J connectivity index is 1.58. The number of aliphatic hydroxyl groups is 1. The van der Waals surface area contributed by atoms with E-state index in [2.05, 4.69) is 11.8 Å². The van der Waals surface area contributed by atoms with E-state index in [1.807, 2.05) is 25.1 Å². The van der Waals surface area contributed by atoms with Crippen molar-refractivity contribution in [1.29, 1.82) is 0 Å². The molecule has 0 spiro atoms. The van der Waals surface area contributed by atoms with Crippen molar-refractivity contribution < 1.29 is 28.2 Å². The van der Waals surface area contributed by atoms with E-state index in [0.29, 0.717) is 41.9 Å². The molecule has 1 N–H and O–H groups in total. The Labute approximate surface area is 218 Å². The third kappa shape index (κ3) is 4.37. The SMILES string of the molecule is CCC1c2nc3ccc(C#CC4CN(C(=O)C(C)(C)O)C4)cc3n2-c2c(OC(F)F)cccc2C(=O)N1C. The molecule has 0 bridgehead atoms. The minimum Gasteiger partial charge on any atom is -0.433 e. The second-order valence-corrected chi connectivity index (χ2v) is 10.1. The van der Waals surface area contributed by atoms with E-state index in [-0.39, 0.29) is 40.8 Å². The number of ether oxygens (including phenoxy) is 1. The molecule has 1 saturated heterocycles. The topological polar surface area (TPSA) is 87.9 Å². The number of carbonyl (C=O) groups excluding carboxylic acids is 2. The van der Waals surface area contributed by atoms with Gasteiger partial charge in [0.15, 0.2) is 5.75 Å². The number of nitrogens with zero attached hydrogens (tertiary/aromatic N) is 4. The number of halogens is 2. The molecule has 5 rings (SSSR count). The average Bonchev–Trinajstić information content (AvgIpc) is 3.15. The molecule has 2 aromatic carbocycles. The van der Waals surface area contributed by atoms with Gasteiger partial charge in [-0.25, -0.2) is 4.98 Å². The average molecular weight is 523 g/mol. The van der Waals surface area contributed by atoms with E-state index in [9.17, 15) is 23.5 Å². The van der Waals surface area contributed by atoms with E-state index >= 15 is 0 Å². The Hall–Kier alpha value is -3.97. The van der Waals surface area contributed by atoms with Crippen LogP contribution in [0.1, 0.15) is 55.0 Å². The van der Waals surface area contributed by atoms with Gasteiger partial charge in [-0.3, -0.25) is 14.2 Å². The third-order valence-corrected chi connectivity index (χ3v) is 6.93. The molecule has 10 heteroatoms. The van der Waals surface area contributed by atoms with Gasteiger partial charge in [-0.1, -0.05) is 24.8 Å². The highest BCUT2D eigenvalue weighted by atomic mass is 19.3. The van der Waals surface area contributed by atoms with Crippen molar-refractivity contribution in [3.63, 3.8) is 0 Å². The molecule has 1 fully saturated rings. The van der Waals surface area contributed by atoms with Gasteiger partial charge in [-0.15, -0.1) is 0 Å². The number of rotatable bonds is 4. The highest BCUT2D eigenvalue weighted by Crippen LogP contribution is 2.40. The second-order valence-electron chi connectivity index (χ2n) is 10.1. The summed E-state index contributed by atoms with van der Waals surface area (Å²) in [4.78, 5) is 33.5. The van der Waals surface area contributed by atoms with Gasteiger partial charge in [0.25, 0.3) is 11.8 Å². The number of hydrogen-bond donors (Lipinski definition) is 1. The highest BCUT2D eigenvalue weighted by Gasteiger charge is 2.37. The zero-order valence-electron chi connectivity index (χ0n) is 21.5. The van der Waals surface area contributed by atoms with Crippen molar-refractivity contribution in [2.24, 2.45) is 5.92 Å². The van der Waals surface area contributed by atoms with Crippen LogP contribution in [-0.2, 0) is 4.79 Å². The van der Waals surface area contributed by atoms with E-state index in [1.165, 1.54) is 26.0 Å². The predicted molar refractivity (Wildman–Crippen MR) is 136 cm³/mol. The van der Waals surface area contributed by atoms with E-state index in [4.69, 9.17) is 9.72 Å². The van der Waals surface area contributed by atoms with E-state index in [1.54, 1.807) is 27.5 Å². The van der Waals surface area contributed by atoms with Crippen molar-refractivity contribution >= 4 is 22.8 Å². The van der Waals surface area contributed by atoms with Crippen molar-refractivity contribution in [1.82, 2.24) is 19.4 Å². The first kappa shape index (κ1) is 25.7. The molecule has 0 radical (unpaired) electrons. The summed E-state index contributed by atoms with van der Waals surface area (Å²) in [6, 6.07) is 9.63. The van der Waals surface area contributed by atoms with Crippen molar-refractivity contribution in [2.75, 3.05) is 20.1 Å². The second kappa shape index (κ2) is 9.40. The Morgan fingerprint density at radius 3 is 2.66 bits per heavy atom. The molecule has 0 saturated carbocycles. The Bertz CT molecular complexity index is 1490. The van der Waals surface area contributed by atoms with Crippen molar-refractivity contribution in [3.05, 3.63) is 53.3 Å². The van der Waals surface area contributed by atoms with Crippen LogP contribution in [0.15, 0.2) is 36.4 Å². The van der Waals surface area contributed by atoms with Crippen LogP contribution < -0.4 is 4.74 Å². The van der Waals surface area contributed by atoms with Gasteiger partial charge >= 0.3 is 6.61 Å². The smallest absolute Gasteiger partial charge is 0.387 e. The first-order valence-corrected chi connectivity index (χ1v) is 12.4. The lowest BCUT2D eigenvalue weighted by Gasteiger charge is -2.39. The van der Waals surface area contributed by atoms with Crippen LogP contribution in [0.3, 0.4) is 0 Å². The Kier molecular flexibility index (Phi) is 6.35. The van der Waals surface area contributed by atoms with Crippen LogP contribution in [-0.4, -0.2) is 68.6 Å². The fourth-order valence-electron chi connectivity index (χ4n) is 5.02. The monoisotopic (exact) mass is 522 g/mol. The van der Waals surface area contributed by atoms with Crippen LogP contribution in [0, 0.1) is 17.8 Å². The summed E-state index contributed by atoms with van der Waals surface area (Å²) in [7, 11) is 1.68. The molecule has 2 aliphatic rings. The summed E-state index contributed by atoms with van der Waals surface area (Å²) in [6.45, 7) is 2.67. The molecule has 2 aliphatic heterocycles. The number of carbonyl (C=O) groups is 2. The fourth-order valence-corrected chi connectivity index (χ4v) is 5.02. The first-order chi connectivity index (χ1) is 18.0. The van der Waals surface area contributed by atoms with E-state index in [0.717, 1.165) is 0 Å². The molecule has 38 heavy (non-hydrogen) atoms. The number of imidazole rings is 1. The fraction of sp³-hybridized carbons (Fsp3) is 0.393. The van der Waals surface area contributed by atoms with Gasteiger partial charge in [-0.2, -0.15) is 8.78 Å². The highest BCUT2D eigenvalue weighted by molar-refractivity contribution is 6.00. The number of alkyl halides is 2. The summed E-state index contributed by atoms with van der Waals surface area (Å²) in [5.74, 6) is 6.09. The van der Waals surface area contributed by atoms with Crippen LogP contribution >= 0.6 is 0 Å². The van der Waals surface area contributed by atoms with E-state index < -0.39 is 12.2 Å². The molecule has 3 aromatic rings. The summed E-state index contributed by atoms with van der Waals surface area (Å²) in [5, 5.41) is 9.91. The van der Waals surface area contributed by atoms with Gasteiger partial charge in [0.05, 0.1) is 28.6 Å². The van der Waals surface area contributed by atoms with Gasteiger partial charge in [0.1, 0.15) is 17.1 Å². The lowest BCUT2D eigenvalue weighted by atomic mass is 9.97. The number of likely N-dealkylation sites (tertiary alicyclic amines) is 1. The Morgan fingerprint density at radius 1 is 1.26 bits per heavy atom. The maximum Gasteiger partial charge on any atom is 0.387 e. The normalized spacial score (nSPS) is 17.5. The van der Waals surface area contributed by atoms with Crippen LogP contribution in [0.25, 0.3) is 16.7 Å². The maximum atomic E-state index is 13.3.